The first kappa shape index (κ1) is 16.7. The van der Waals surface area contributed by atoms with Gasteiger partial charge in [-0.3, -0.25) is 0 Å². The van der Waals surface area contributed by atoms with Gasteiger partial charge in [0.25, 0.3) is 0 Å². The van der Waals surface area contributed by atoms with Gasteiger partial charge in [-0.15, -0.1) is 0 Å². The molecule has 2 aromatic rings. The first-order chi connectivity index (χ1) is 12.3. The molecule has 2 saturated carbocycles. The highest BCUT2D eigenvalue weighted by molar-refractivity contribution is 5.27. The lowest BCUT2D eigenvalue weighted by Gasteiger charge is -2.42. The molecule has 0 aliphatic heterocycles. The third-order valence-electron chi connectivity index (χ3n) is 5.94. The summed E-state index contributed by atoms with van der Waals surface area (Å²) in [5.74, 6) is 0.573. The van der Waals surface area contributed by atoms with E-state index in [0.29, 0.717) is 23.9 Å². The van der Waals surface area contributed by atoms with E-state index in [2.05, 4.69) is 41.0 Å². The maximum atomic E-state index is 13.7. The predicted molar refractivity (Wildman–Crippen MR) is 100.0 cm³/mol. The SMILES string of the molecule is Fc1ccccc1CNCC1(CNC2CC2c2ccccc2)CCC1. The van der Waals surface area contributed by atoms with Crippen LogP contribution in [-0.4, -0.2) is 19.1 Å². The quantitative estimate of drug-likeness (QED) is 0.753. The lowest BCUT2D eigenvalue weighted by molar-refractivity contribution is 0.126. The second kappa shape index (κ2) is 7.27. The topological polar surface area (TPSA) is 24.1 Å². The summed E-state index contributed by atoms with van der Waals surface area (Å²) in [5.41, 5.74) is 2.58. The van der Waals surface area contributed by atoms with E-state index in [4.69, 9.17) is 0 Å². The summed E-state index contributed by atoms with van der Waals surface area (Å²) in [6.45, 7) is 2.66. The first-order valence-electron chi connectivity index (χ1n) is 9.48. The lowest BCUT2D eigenvalue weighted by Crippen LogP contribution is -2.47. The van der Waals surface area contributed by atoms with Gasteiger partial charge in [-0.25, -0.2) is 4.39 Å². The van der Waals surface area contributed by atoms with Crippen molar-refractivity contribution in [2.45, 2.75) is 44.2 Å². The Morgan fingerprint density at radius 2 is 1.72 bits per heavy atom. The van der Waals surface area contributed by atoms with Crippen LogP contribution in [0.25, 0.3) is 0 Å². The van der Waals surface area contributed by atoms with Crippen LogP contribution < -0.4 is 10.6 Å². The zero-order valence-corrected chi connectivity index (χ0v) is 14.7. The molecule has 2 nitrogen and oxygen atoms in total. The van der Waals surface area contributed by atoms with E-state index in [1.165, 1.54) is 37.3 Å². The molecule has 0 heterocycles. The van der Waals surface area contributed by atoms with Crippen molar-refractivity contribution < 1.29 is 4.39 Å². The fourth-order valence-electron chi connectivity index (χ4n) is 4.03. The number of hydrogen-bond acceptors (Lipinski definition) is 2. The Kier molecular flexibility index (Phi) is 4.87. The molecular weight excluding hydrogens is 311 g/mol. The van der Waals surface area contributed by atoms with Crippen molar-refractivity contribution in [3.8, 4) is 0 Å². The Bertz CT molecular complexity index is 696. The minimum atomic E-state index is -0.112. The Labute approximate surface area is 149 Å². The lowest BCUT2D eigenvalue weighted by atomic mass is 9.68. The maximum absolute atomic E-state index is 13.7. The molecule has 2 aliphatic carbocycles. The normalized spacial score (nSPS) is 23.9. The van der Waals surface area contributed by atoms with Crippen molar-refractivity contribution >= 4 is 0 Å². The Morgan fingerprint density at radius 3 is 2.44 bits per heavy atom. The van der Waals surface area contributed by atoms with Gasteiger partial charge < -0.3 is 10.6 Å². The molecule has 2 aliphatic rings. The summed E-state index contributed by atoms with van der Waals surface area (Å²) < 4.78 is 13.7. The molecule has 2 atom stereocenters. The van der Waals surface area contributed by atoms with E-state index >= 15 is 0 Å². The van der Waals surface area contributed by atoms with Gasteiger partial charge >= 0.3 is 0 Å². The molecule has 0 saturated heterocycles. The van der Waals surface area contributed by atoms with Gasteiger partial charge in [0, 0.05) is 37.2 Å². The van der Waals surface area contributed by atoms with E-state index in [9.17, 15) is 4.39 Å². The average Bonchev–Trinajstić information content (AvgIpc) is 3.38. The van der Waals surface area contributed by atoms with Crippen LogP contribution in [0.5, 0.6) is 0 Å². The van der Waals surface area contributed by atoms with Crippen molar-refractivity contribution in [3.63, 3.8) is 0 Å². The predicted octanol–water partition coefficient (Wildman–Crippen LogP) is 4.23. The molecule has 2 aromatic carbocycles. The molecule has 0 radical (unpaired) electrons. The second-order valence-electron chi connectivity index (χ2n) is 7.79. The highest BCUT2D eigenvalue weighted by Crippen LogP contribution is 2.44. The van der Waals surface area contributed by atoms with Crippen molar-refractivity contribution in [1.82, 2.24) is 10.6 Å². The van der Waals surface area contributed by atoms with Gasteiger partial charge in [0.2, 0.25) is 0 Å². The molecule has 2 fully saturated rings. The van der Waals surface area contributed by atoms with Gasteiger partial charge in [-0.05, 0) is 36.3 Å². The molecule has 0 amide bonds. The van der Waals surface area contributed by atoms with Gasteiger partial charge in [-0.2, -0.15) is 0 Å². The average molecular weight is 338 g/mol. The summed E-state index contributed by atoms with van der Waals surface area (Å²) in [4.78, 5) is 0. The largest absolute Gasteiger partial charge is 0.313 e. The van der Waals surface area contributed by atoms with Crippen molar-refractivity contribution in [2.75, 3.05) is 13.1 Å². The van der Waals surface area contributed by atoms with Gasteiger partial charge in [0.15, 0.2) is 0 Å². The summed E-state index contributed by atoms with van der Waals surface area (Å²) in [6.07, 6.45) is 5.11. The molecule has 132 valence electrons. The Morgan fingerprint density at radius 1 is 0.960 bits per heavy atom. The minimum Gasteiger partial charge on any atom is -0.313 e. The summed E-state index contributed by atoms with van der Waals surface area (Å²) in [5, 5.41) is 7.29. The molecular formula is C22H27FN2. The fraction of sp³-hybridized carbons (Fsp3) is 0.455. The monoisotopic (exact) mass is 338 g/mol. The first-order valence-corrected chi connectivity index (χ1v) is 9.48. The molecule has 2 N–H and O–H groups in total. The fourth-order valence-corrected chi connectivity index (χ4v) is 4.03. The molecule has 3 heteroatoms. The standard InChI is InChI=1S/C22H27FN2/c23-20-10-5-4-9-18(20)14-24-15-22(11-6-12-22)16-25-21-13-19(21)17-7-2-1-3-8-17/h1-5,7-10,19,21,24-25H,6,11-16H2. The van der Waals surface area contributed by atoms with E-state index in [1.54, 1.807) is 6.07 Å². The van der Waals surface area contributed by atoms with Crippen molar-refractivity contribution in [3.05, 3.63) is 71.5 Å². The zero-order chi connectivity index (χ0) is 17.1. The summed E-state index contributed by atoms with van der Waals surface area (Å²) >= 11 is 0. The van der Waals surface area contributed by atoms with E-state index in [-0.39, 0.29) is 5.82 Å². The van der Waals surface area contributed by atoms with Crippen molar-refractivity contribution in [1.29, 1.82) is 0 Å². The summed E-state index contributed by atoms with van der Waals surface area (Å²) in [6, 6.07) is 18.5. The molecule has 0 bridgehead atoms. The number of rotatable bonds is 8. The van der Waals surface area contributed by atoms with Crippen molar-refractivity contribution in [2.24, 2.45) is 5.41 Å². The smallest absolute Gasteiger partial charge is 0.127 e. The van der Waals surface area contributed by atoms with Gasteiger partial charge in [-0.1, -0.05) is 55.0 Å². The number of benzene rings is 2. The van der Waals surface area contributed by atoms with Crippen LogP contribution in [0, 0.1) is 11.2 Å². The Balaban J connectivity index is 1.24. The molecule has 0 aromatic heterocycles. The van der Waals surface area contributed by atoms with Crippen LogP contribution in [0.4, 0.5) is 4.39 Å². The van der Waals surface area contributed by atoms with Crippen LogP contribution in [0.3, 0.4) is 0 Å². The molecule has 25 heavy (non-hydrogen) atoms. The van der Waals surface area contributed by atoms with Crippen LogP contribution >= 0.6 is 0 Å². The number of halogens is 1. The Hall–Kier alpha value is -1.71. The van der Waals surface area contributed by atoms with Gasteiger partial charge in [0.05, 0.1) is 0 Å². The zero-order valence-electron chi connectivity index (χ0n) is 14.7. The summed E-state index contributed by atoms with van der Waals surface area (Å²) in [7, 11) is 0. The van der Waals surface area contributed by atoms with Crippen LogP contribution in [0.15, 0.2) is 54.6 Å². The third-order valence-corrected chi connectivity index (χ3v) is 5.94. The van der Waals surface area contributed by atoms with E-state index < -0.39 is 0 Å². The maximum Gasteiger partial charge on any atom is 0.127 e. The van der Waals surface area contributed by atoms with Crippen LogP contribution in [0.1, 0.15) is 42.7 Å². The minimum absolute atomic E-state index is 0.112. The highest BCUT2D eigenvalue weighted by atomic mass is 19.1. The van der Waals surface area contributed by atoms with E-state index in [0.717, 1.165) is 18.7 Å². The van der Waals surface area contributed by atoms with Crippen LogP contribution in [0.2, 0.25) is 0 Å². The van der Waals surface area contributed by atoms with Crippen LogP contribution in [-0.2, 0) is 6.54 Å². The number of nitrogens with one attached hydrogen (secondary N) is 2. The highest BCUT2D eigenvalue weighted by Gasteiger charge is 2.42. The number of hydrogen-bond donors (Lipinski definition) is 2. The van der Waals surface area contributed by atoms with E-state index in [1.807, 2.05) is 12.1 Å². The third kappa shape index (κ3) is 3.94. The molecule has 0 spiro atoms. The van der Waals surface area contributed by atoms with Gasteiger partial charge in [0.1, 0.15) is 5.82 Å². The molecule has 4 rings (SSSR count). The second-order valence-corrected chi connectivity index (χ2v) is 7.79. The molecule has 2 unspecified atom stereocenters.